The first-order valence-electron chi connectivity index (χ1n) is 11.7. The van der Waals surface area contributed by atoms with Crippen LogP contribution in [0.2, 0.25) is 0 Å². The van der Waals surface area contributed by atoms with Gasteiger partial charge in [-0.05, 0) is 56.0 Å². The van der Waals surface area contributed by atoms with Crippen LogP contribution >= 0.6 is 0 Å². The number of rotatable bonds is 3. The monoisotopic (exact) mass is 443 g/mol. The summed E-state index contributed by atoms with van der Waals surface area (Å²) in [6, 6.07) is 20.8. The standard InChI is InChI=1S/C29H25N5/c1-18-11-12-21-13-14-22-23(16-19(2)32-28(22)27(21)31-18)26-17-25(20-8-4-3-5-9-20)33-29(34-26)24-10-6-7-15-30-24/h3-5,7-9,11-17,26H,6,10H2,1-2H3,(H,33,34). The first-order valence-corrected chi connectivity index (χ1v) is 11.7. The fourth-order valence-corrected chi connectivity index (χ4v) is 4.68. The summed E-state index contributed by atoms with van der Waals surface area (Å²) >= 11 is 0. The van der Waals surface area contributed by atoms with Gasteiger partial charge < -0.3 is 5.32 Å². The molecule has 1 atom stereocenters. The van der Waals surface area contributed by atoms with Gasteiger partial charge in [-0.15, -0.1) is 0 Å². The molecule has 2 aromatic carbocycles. The quantitative estimate of drug-likeness (QED) is 0.382. The van der Waals surface area contributed by atoms with Gasteiger partial charge in [0.25, 0.3) is 0 Å². The molecule has 2 aromatic heterocycles. The number of nitrogens with one attached hydrogen (secondary N) is 1. The van der Waals surface area contributed by atoms with E-state index in [4.69, 9.17) is 15.0 Å². The Morgan fingerprint density at radius 1 is 0.882 bits per heavy atom. The number of hydrogen-bond donors (Lipinski definition) is 1. The number of allylic oxidation sites excluding steroid dienone is 1. The van der Waals surface area contributed by atoms with Crippen LogP contribution in [0.3, 0.4) is 0 Å². The van der Waals surface area contributed by atoms with Crippen molar-refractivity contribution in [2.24, 2.45) is 9.98 Å². The fourth-order valence-electron chi connectivity index (χ4n) is 4.68. The molecule has 0 fully saturated rings. The van der Waals surface area contributed by atoms with Crippen LogP contribution in [-0.4, -0.2) is 21.5 Å². The first-order chi connectivity index (χ1) is 16.7. The van der Waals surface area contributed by atoms with Crippen LogP contribution < -0.4 is 5.32 Å². The van der Waals surface area contributed by atoms with Crippen LogP contribution in [0.5, 0.6) is 0 Å². The number of benzene rings is 2. The molecule has 34 heavy (non-hydrogen) atoms. The molecule has 4 heterocycles. The Morgan fingerprint density at radius 3 is 2.53 bits per heavy atom. The van der Waals surface area contributed by atoms with Gasteiger partial charge in [0.1, 0.15) is 5.84 Å². The lowest BCUT2D eigenvalue weighted by molar-refractivity contribution is 0.886. The molecule has 6 rings (SSSR count). The topological polar surface area (TPSA) is 62.5 Å². The number of nitrogens with zero attached hydrogens (tertiary/aromatic N) is 4. The van der Waals surface area contributed by atoms with Crippen molar-refractivity contribution in [3.63, 3.8) is 0 Å². The van der Waals surface area contributed by atoms with Crippen LogP contribution in [-0.2, 0) is 0 Å². The zero-order valence-electron chi connectivity index (χ0n) is 19.3. The predicted octanol–water partition coefficient (Wildman–Crippen LogP) is 6.23. The summed E-state index contributed by atoms with van der Waals surface area (Å²) in [5, 5.41) is 5.74. The number of fused-ring (bicyclic) bond motifs is 3. The Labute approximate surface area is 198 Å². The Bertz CT molecular complexity index is 1540. The van der Waals surface area contributed by atoms with Gasteiger partial charge in [0.05, 0.1) is 22.8 Å². The van der Waals surface area contributed by atoms with Crippen molar-refractivity contribution < 1.29 is 0 Å². The Hall–Kier alpha value is -4.12. The summed E-state index contributed by atoms with van der Waals surface area (Å²) in [5.74, 6) is 0.841. The van der Waals surface area contributed by atoms with Gasteiger partial charge in [-0.2, -0.15) is 0 Å². The molecule has 0 spiro atoms. The van der Waals surface area contributed by atoms with E-state index in [0.717, 1.165) is 74.4 Å². The second-order valence-electron chi connectivity index (χ2n) is 8.83. The van der Waals surface area contributed by atoms with Gasteiger partial charge in [0.15, 0.2) is 0 Å². The van der Waals surface area contributed by atoms with E-state index in [1.165, 1.54) is 0 Å². The number of aromatic nitrogens is 2. The fraction of sp³-hybridized carbons (Fsp3) is 0.172. The second-order valence-corrected chi connectivity index (χ2v) is 8.83. The molecule has 2 aliphatic heterocycles. The van der Waals surface area contributed by atoms with Gasteiger partial charge >= 0.3 is 0 Å². The van der Waals surface area contributed by atoms with Gasteiger partial charge in [-0.3, -0.25) is 20.0 Å². The lowest BCUT2D eigenvalue weighted by Gasteiger charge is -2.25. The third kappa shape index (κ3) is 3.69. The normalized spacial score (nSPS) is 17.8. The highest BCUT2D eigenvalue weighted by atomic mass is 15.1. The van der Waals surface area contributed by atoms with Gasteiger partial charge in [0, 0.05) is 34.1 Å². The molecule has 0 amide bonds. The highest BCUT2D eigenvalue weighted by molar-refractivity contribution is 6.43. The number of aliphatic imine (C=N–C) groups is 2. The number of pyridine rings is 2. The maximum Gasteiger partial charge on any atom is 0.148 e. The minimum absolute atomic E-state index is 0.161. The molecule has 0 saturated heterocycles. The molecule has 1 unspecified atom stereocenters. The van der Waals surface area contributed by atoms with E-state index < -0.39 is 0 Å². The van der Waals surface area contributed by atoms with Crippen molar-refractivity contribution in [3.05, 3.63) is 102 Å². The van der Waals surface area contributed by atoms with Crippen molar-refractivity contribution in [3.8, 4) is 0 Å². The van der Waals surface area contributed by atoms with E-state index in [0.29, 0.717) is 0 Å². The number of hydrogen-bond acceptors (Lipinski definition) is 5. The summed E-state index contributed by atoms with van der Waals surface area (Å²) in [4.78, 5) is 19.5. The third-order valence-corrected chi connectivity index (χ3v) is 6.34. The zero-order valence-corrected chi connectivity index (χ0v) is 19.3. The van der Waals surface area contributed by atoms with E-state index in [1.54, 1.807) is 0 Å². The van der Waals surface area contributed by atoms with E-state index in [9.17, 15) is 0 Å². The molecule has 2 aliphatic rings. The largest absolute Gasteiger partial charge is 0.339 e. The SMILES string of the molecule is Cc1ccc2ccc3c(C4C=C(c5ccccc5)NC(C5=NC=CCC5)=N4)cc(C)nc3c2n1. The molecule has 5 heteroatoms. The van der Waals surface area contributed by atoms with Crippen LogP contribution in [0.25, 0.3) is 27.5 Å². The van der Waals surface area contributed by atoms with Gasteiger partial charge in [-0.25, -0.2) is 0 Å². The lowest BCUT2D eigenvalue weighted by atomic mass is 9.96. The third-order valence-electron chi connectivity index (χ3n) is 6.34. The summed E-state index contributed by atoms with van der Waals surface area (Å²) < 4.78 is 0. The molecule has 0 aliphatic carbocycles. The van der Waals surface area contributed by atoms with Crippen LogP contribution in [0.1, 0.15) is 41.4 Å². The first kappa shape index (κ1) is 20.5. The Morgan fingerprint density at radius 2 is 1.71 bits per heavy atom. The number of amidine groups is 1. The average molecular weight is 444 g/mol. The van der Waals surface area contributed by atoms with E-state index >= 15 is 0 Å². The van der Waals surface area contributed by atoms with Crippen molar-refractivity contribution >= 4 is 39.1 Å². The van der Waals surface area contributed by atoms with E-state index in [1.807, 2.05) is 32.2 Å². The Kier molecular flexibility index (Phi) is 5.02. The van der Waals surface area contributed by atoms with Crippen LogP contribution in [0, 0.1) is 13.8 Å². The zero-order chi connectivity index (χ0) is 23.1. The molecule has 4 aromatic rings. The van der Waals surface area contributed by atoms with Crippen LogP contribution in [0.15, 0.2) is 89.0 Å². The molecule has 166 valence electrons. The van der Waals surface area contributed by atoms with Gasteiger partial charge in [0.2, 0.25) is 0 Å². The smallest absolute Gasteiger partial charge is 0.148 e. The molecule has 0 radical (unpaired) electrons. The lowest BCUT2D eigenvalue weighted by Crippen LogP contribution is -2.34. The Balaban J connectivity index is 1.57. The highest BCUT2D eigenvalue weighted by Crippen LogP contribution is 2.34. The molecular weight excluding hydrogens is 418 g/mol. The average Bonchev–Trinajstić information content (AvgIpc) is 2.89. The minimum atomic E-state index is -0.161. The summed E-state index contributed by atoms with van der Waals surface area (Å²) in [5.41, 5.74) is 8.12. The van der Waals surface area contributed by atoms with E-state index in [-0.39, 0.29) is 6.04 Å². The maximum absolute atomic E-state index is 5.16. The second kappa shape index (κ2) is 8.34. The molecule has 1 N–H and O–H groups in total. The van der Waals surface area contributed by atoms with E-state index in [2.05, 4.69) is 71.0 Å². The highest BCUT2D eigenvalue weighted by Gasteiger charge is 2.23. The maximum atomic E-state index is 5.16. The molecular formula is C29H25N5. The van der Waals surface area contributed by atoms with Crippen molar-refractivity contribution in [1.82, 2.24) is 15.3 Å². The van der Waals surface area contributed by atoms with Crippen molar-refractivity contribution in [2.45, 2.75) is 32.7 Å². The minimum Gasteiger partial charge on any atom is -0.339 e. The number of aryl methyl sites for hydroxylation is 2. The molecule has 0 bridgehead atoms. The van der Waals surface area contributed by atoms with Crippen LogP contribution in [0.4, 0.5) is 0 Å². The van der Waals surface area contributed by atoms with Crippen molar-refractivity contribution in [2.75, 3.05) is 0 Å². The molecule has 0 saturated carbocycles. The summed E-state index contributed by atoms with van der Waals surface area (Å²) in [6.07, 6.45) is 8.03. The summed E-state index contributed by atoms with van der Waals surface area (Å²) in [6.45, 7) is 4.06. The van der Waals surface area contributed by atoms with Crippen molar-refractivity contribution in [1.29, 1.82) is 0 Å². The molecule has 5 nitrogen and oxygen atoms in total. The van der Waals surface area contributed by atoms with Gasteiger partial charge in [-0.1, -0.05) is 54.6 Å². The summed E-state index contributed by atoms with van der Waals surface area (Å²) in [7, 11) is 0. The predicted molar refractivity (Wildman–Crippen MR) is 140 cm³/mol.